The van der Waals surface area contributed by atoms with Crippen LogP contribution >= 0.6 is 11.8 Å². The Morgan fingerprint density at radius 3 is 2.40 bits per heavy atom. The van der Waals surface area contributed by atoms with Crippen LogP contribution in [-0.2, 0) is 4.79 Å². The molecule has 4 rings (SSSR count). The summed E-state index contributed by atoms with van der Waals surface area (Å²) in [6.45, 7) is 14.1. The fourth-order valence-corrected chi connectivity index (χ4v) is 10.1. The molecule has 1 amide bonds. The second-order valence-electron chi connectivity index (χ2n) is 12.1. The van der Waals surface area contributed by atoms with Crippen LogP contribution in [0.25, 0.3) is 0 Å². The van der Waals surface area contributed by atoms with E-state index in [9.17, 15) is 14.4 Å². The molecular weight excluding hydrogens is 603 g/mol. The maximum Gasteiger partial charge on any atom is 0.339 e. The fraction of sp³-hybridized carbons (Fsp3) is 0.371. The summed E-state index contributed by atoms with van der Waals surface area (Å²) in [5.41, 5.74) is -0.849. The number of thioether (sulfide) groups is 1. The van der Waals surface area contributed by atoms with E-state index in [0.717, 1.165) is 22.5 Å². The van der Waals surface area contributed by atoms with E-state index >= 15 is 0 Å². The first kappa shape index (κ1) is 34.1. The average molecular weight is 646 g/mol. The summed E-state index contributed by atoms with van der Waals surface area (Å²) in [7, 11) is -3.22. The summed E-state index contributed by atoms with van der Waals surface area (Å²) >= 11 is 1.49. The van der Waals surface area contributed by atoms with Gasteiger partial charge in [-0.05, 0) is 30.6 Å². The third-order valence-corrected chi connectivity index (χ3v) is 13.9. The Labute approximate surface area is 270 Å². The second kappa shape index (κ2) is 14.6. The number of aliphatic imine (C=N–C) groups is 2. The number of hydrogen-bond acceptors (Lipinski definition) is 8. The smallest absolute Gasteiger partial charge is 0.339 e. The molecule has 10 heteroatoms. The summed E-state index contributed by atoms with van der Waals surface area (Å²) in [6.07, 6.45) is 2.93. The van der Waals surface area contributed by atoms with Crippen molar-refractivity contribution in [3.05, 3.63) is 102 Å². The summed E-state index contributed by atoms with van der Waals surface area (Å²) in [6, 6.07) is 22.2. The van der Waals surface area contributed by atoms with E-state index in [0.29, 0.717) is 35.3 Å². The topological polar surface area (TPSA) is 113 Å². The first-order chi connectivity index (χ1) is 21.4. The van der Waals surface area contributed by atoms with E-state index in [4.69, 9.17) is 19.1 Å². The van der Waals surface area contributed by atoms with Crippen LogP contribution in [0.4, 0.5) is 0 Å². The molecule has 2 heterocycles. The van der Waals surface area contributed by atoms with Gasteiger partial charge in [-0.3, -0.25) is 14.8 Å². The third kappa shape index (κ3) is 7.74. The molecule has 3 aromatic rings. The van der Waals surface area contributed by atoms with Crippen molar-refractivity contribution in [1.82, 2.24) is 5.32 Å². The van der Waals surface area contributed by atoms with Gasteiger partial charge in [-0.15, -0.1) is 11.8 Å². The number of hydrogen-bond donors (Lipinski definition) is 2. The van der Waals surface area contributed by atoms with E-state index < -0.39 is 30.6 Å². The van der Waals surface area contributed by atoms with E-state index in [1.807, 2.05) is 74.5 Å². The van der Waals surface area contributed by atoms with Crippen LogP contribution < -0.4 is 26.1 Å². The van der Waals surface area contributed by atoms with E-state index in [2.05, 4.69) is 25.7 Å². The van der Waals surface area contributed by atoms with Crippen molar-refractivity contribution in [1.29, 1.82) is 0 Å². The van der Waals surface area contributed by atoms with E-state index in [1.165, 1.54) is 17.8 Å². The van der Waals surface area contributed by atoms with Gasteiger partial charge in [-0.1, -0.05) is 101 Å². The van der Waals surface area contributed by atoms with E-state index in [1.54, 1.807) is 19.1 Å². The van der Waals surface area contributed by atoms with Crippen LogP contribution in [0.5, 0.6) is 5.75 Å². The predicted molar refractivity (Wildman–Crippen MR) is 187 cm³/mol. The van der Waals surface area contributed by atoms with Gasteiger partial charge in [0.05, 0.1) is 17.8 Å². The zero-order valence-corrected chi connectivity index (χ0v) is 28.5. The maximum absolute atomic E-state index is 13.6. The highest BCUT2D eigenvalue weighted by Crippen LogP contribution is 2.36. The standard InChI is InChI=1S/C35H43N3O5SSi/c1-7-15-29(30-21-26(42-20-8-2)22-31(39)43-30)37-33(40)35(6)24-44-32(38-35)25(3)36-23-34(4,5)45(41,27-16-11-9-12-17-27)28-18-13-10-14-19-28/h8-14,16-19,21-22,29,41H,2,7,15,20,23-24H2,1,3-6H3,(H,37,40)/t29-,35+/m1/s1. The minimum atomic E-state index is -3.22. The fourth-order valence-electron chi connectivity index (χ4n) is 5.38. The lowest BCUT2D eigenvalue weighted by molar-refractivity contribution is -0.125. The molecule has 8 nitrogen and oxygen atoms in total. The van der Waals surface area contributed by atoms with Gasteiger partial charge in [0.25, 0.3) is 8.32 Å². The van der Waals surface area contributed by atoms with Crippen molar-refractivity contribution in [2.45, 2.75) is 64.1 Å². The minimum Gasteiger partial charge on any atom is -0.489 e. The summed E-state index contributed by atoms with van der Waals surface area (Å²) < 4.78 is 11.0. The molecule has 0 spiro atoms. The molecule has 0 saturated carbocycles. The van der Waals surface area contributed by atoms with Gasteiger partial charge in [0.15, 0.2) is 0 Å². The highest BCUT2D eigenvalue weighted by atomic mass is 32.2. The Balaban J connectivity index is 1.54. The van der Waals surface area contributed by atoms with Crippen LogP contribution in [0.3, 0.4) is 0 Å². The maximum atomic E-state index is 13.6. The molecule has 2 N–H and O–H groups in total. The quantitative estimate of drug-likeness (QED) is 0.144. The lowest BCUT2D eigenvalue weighted by atomic mass is 10.0. The number of carbonyl (C=O) groups excluding carboxylic acids is 1. The molecule has 0 saturated heterocycles. The van der Waals surface area contributed by atoms with Crippen LogP contribution in [-0.4, -0.2) is 54.2 Å². The monoisotopic (exact) mass is 645 g/mol. The van der Waals surface area contributed by atoms with Crippen molar-refractivity contribution >= 4 is 47.1 Å². The molecule has 0 unspecified atom stereocenters. The number of benzene rings is 2. The average Bonchev–Trinajstić information content (AvgIpc) is 3.46. The van der Waals surface area contributed by atoms with Crippen LogP contribution in [0, 0.1) is 0 Å². The SMILES string of the molecule is C=CCOc1cc([C@@H](CCC)NC(=O)[C@]2(C)CSC(C(C)=NCC(C)(C)[Si](O)(c3ccccc3)c3ccccc3)=N2)oc(=O)c1. The van der Waals surface area contributed by atoms with Crippen molar-refractivity contribution in [3.63, 3.8) is 0 Å². The van der Waals surface area contributed by atoms with E-state index in [-0.39, 0.29) is 12.5 Å². The molecule has 238 valence electrons. The number of amides is 1. The summed E-state index contributed by atoms with van der Waals surface area (Å²) in [5.74, 6) is 0.890. The Morgan fingerprint density at radius 1 is 1.20 bits per heavy atom. The highest BCUT2D eigenvalue weighted by Gasteiger charge is 2.50. The van der Waals surface area contributed by atoms with Crippen LogP contribution in [0.2, 0.25) is 5.04 Å². The molecule has 2 atom stereocenters. The van der Waals surface area contributed by atoms with Gasteiger partial charge in [0.2, 0.25) is 5.91 Å². The molecule has 1 aromatic heterocycles. The van der Waals surface area contributed by atoms with Gasteiger partial charge in [0, 0.05) is 23.4 Å². The first-order valence-corrected chi connectivity index (χ1v) is 18.1. The van der Waals surface area contributed by atoms with Gasteiger partial charge in [-0.2, -0.15) is 0 Å². The number of ether oxygens (including phenoxy) is 1. The number of carbonyl (C=O) groups is 1. The Morgan fingerprint density at radius 2 is 1.82 bits per heavy atom. The van der Waals surface area contributed by atoms with Crippen molar-refractivity contribution in [3.8, 4) is 5.75 Å². The van der Waals surface area contributed by atoms with Crippen LogP contribution in [0.15, 0.2) is 105 Å². The lowest BCUT2D eigenvalue weighted by Crippen LogP contribution is -2.66. The molecule has 0 bridgehead atoms. The Bertz CT molecular complexity index is 1570. The highest BCUT2D eigenvalue weighted by molar-refractivity contribution is 8.16. The normalized spacial score (nSPS) is 17.8. The molecule has 1 aliphatic heterocycles. The van der Waals surface area contributed by atoms with Gasteiger partial charge in [0.1, 0.15) is 28.7 Å². The van der Waals surface area contributed by atoms with Crippen molar-refractivity contribution in [2.24, 2.45) is 9.98 Å². The number of rotatable bonds is 14. The van der Waals surface area contributed by atoms with Crippen molar-refractivity contribution < 1.29 is 18.7 Å². The first-order valence-electron chi connectivity index (χ1n) is 15.2. The zero-order valence-electron chi connectivity index (χ0n) is 26.7. The van der Waals surface area contributed by atoms with Gasteiger partial charge < -0.3 is 19.3 Å². The van der Waals surface area contributed by atoms with Crippen LogP contribution in [0.1, 0.15) is 59.3 Å². The Hall–Kier alpha value is -3.73. The second-order valence-corrected chi connectivity index (χ2v) is 17.0. The molecule has 2 aromatic carbocycles. The number of nitrogens with zero attached hydrogens (tertiary/aromatic N) is 2. The summed E-state index contributed by atoms with van der Waals surface area (Å²) in [4.78, 5) is 48.1. The molecule has 1 aliphatic rings. The minimum absolute atomic E-state index is 0.249. The molecule has 0 radical (unpaired) electrons. The zero-order chi connectivity index (χ0) is 32.7. The largest absolute Gasteiger partial charge is 0.489 e. The molecule has 0 fully saturated rings. The third-order valence-electron chi connectivity index (χ3n) is 8.07. The number of nitrogens with one attached hydrogen (secondary N) is 1. The van der Waals surface area contributed by atoms with Gasteiger partial charge >= 0.3 is 5.63 Å². The Kier molecular flexibility index (Phi) is 11.1. The van der Waals surface area contributed by atoms with Crippen molar-refractivity contribution in [2.75, 3.05) is 18.9 Å². The molecule has 45 heavy (non-hydrogen) atoms. The van der Waals surface area contributed by atoms with Gasteiger partial charge in [-0.25, -0.2) is 4.79 Å². The molecular formula is C35H43N3O5SSi. The lowest BCUT2D eigenvalue weighted by Gasteiger charge is -2.40. The predicted octanol–water partition coefficient (Wildman–Crippen LogP) is 5.06. The molecule has 0 aliphatic carbocycles. The summed E-state index contributed by atoms with van der Waals surface area (Å²) in [5, 5.41) is 5.07.